The van der Waals surface area contributed by atoms with Crippen LogP contribution in [0.1, 0.15) is 67.4 Å². The summed E-state index contributed by atoms with van der Waals surface area (Å²) in [6.45, 7) is 6.84. The minimum atomic E-state index is -0.0151. The lowest BCUT2D eigenvalue weighted by molar-refractivity contribution is -0.185. The number of likely N-dealkylation sites (N-methyl/N-ethyl adjacent to an activating group) is 1. The molecule has 4 atom stereocenters. The molecule has 0 spiro atoms. The second-order valence-corrected chi connectivity index (χ2v) is 10.3. The molecular weight excluding hydrogens is 450 g/mol. The molecule has 2 aromatic rings. The highest BCUT2D eigenvalue weighted by Crippen LogP contribution is 2.27. The van der Waals surface area contributed by atoms with Gasteiger partial charge in [-0.2, -0.15) is 0 Å². The van der Waals surface area contributed by atoms with E-state index in [1.165, 1.54) is 12.0 Å². The number of hydrogen-bond acceptors (Lipinski definition) is 5. The number of likely N-dealkylation sites (tertiary alicyclic amines) is 1. The third-order valence-corrected chi connectivity index (χ3v) is 7.63. The molecule has 6 heteroatoms. The van der Waals surface area contributed by atoms with Gasteiger partial charge >= 0.3 is 0 Å². The number of amides is 1. The van der Waals surface area contributed by atoms with Crippen LogP contribution in [-0.2, 0) is 9.47 Å². The van der Waals surface area contributed by atoms with E-state index in [9.17, 15) is 4.79 Å². The average Bonchev–Trinajstić information content (AvgIpc) is 3.37. The third-order valence-electron chi connectivity index (χ3n) is 7.63. The SMILES string of the molecule is CC(CCCNC(=O)c1ccccc1)N(C)[C@H](CN1CC[C@H](OC2CCCCO2)C1)c1ccccc1. The van der Waals surface area contributed by atoms with Crippen molar-refractivity contribution in [3.05, 3.63) is 71.8 Å². The second kappa shape index (κ2) is 13.9. The summed E-state index contributed by atoms with van der Waals surface area (Å²) in [6, 6.07) is 21.0. The van der Waals surface area contributed by atoms with Gasteiger partial charge in [0.25, 0.3) is 5.91 Å². The van der Waals surface area contributed by atoms with Gasteiger partial charge in [-0.05, 0) is 70.2 Å². The number of carbonyl (C=O) groups is 1. The molecule has 0 bridgehead atoms. The highest BCUT2D eigenvalue weighted by atomic mass is 16.7. The minimum absolute atomic E-state index is 0.00297. The zero-order valence-electron chi connectivity index (χ0n) is 22.0. The molecule has 2 aliphatic heterocycles. The van der Waals surface area contributed by atoms with Crippen molar-refractivity contribution in [2.45, 2.75) is 69.9 Å². The van der Waals surface area contributed by atoms with Gasteiger partial charge in [0.2, 0.25) is 0 Å². The van der Waals surface area contributed by atoms with Gasteiger partial charge in [0.05, 0.1) is 6.10 Å². The van der Waals surface area contributed by atoms with Crippen molar-refractivity contribution >= 4 is 5.91 Å². The predicted molar refractivity (Wildman–Crippen MR) is 144 cm³/mol. The lowest BCUT2D eigenvalue weighted by Crippen LogP contribution is -2.40. The van der Waals surface area contributed by atoms with Crippen LogP contribution in [0.5, 0.6) is 0 Å². The second-order valence-electron chi connectivity index (χ2n) is 10.3. The Labute approximate surface area is 217 Å². The summed E-state index contributed by atoms with van der Waals surface area (Å²) in [5.41, 5.74) is 2.07. The summed E-state index contributed by atoms with van der Waals surface area (Å²) >= 11 is 0. The molecule has 4 rings (SSSR count). The smallest absolute Gasteiger partial charge is 0.251 e. The van der Waals surface area contributed by atoms with E-state index in [1.54, 1.807) is 0 Å². The maximum Gasteiger partial charge on any atom is 0.251 e. The first-order chi connectivity index (χ1) is 17.6. The highest BCUT2D eigenvalue weighted by Gasteiger charge is 2.30. The van der Waals surface area contributed by atoms with E-state index < -0.39 is 0 Å². The summed E-state index contributed by atoms with van der Waals surface area (Å²) in [5, 5.41) is 3.06. The number of rotatable bonds is 12. The molecular formula is C30H43N3O3. The molecule has 196 valence electrons. The van der Waals surface area contributed by atoms with E-state index in [0.29, 0.717) is 18.6 Å². The zero-order valence-corrected chi connectivity index (χ0v) is 22.0. The molecule has 36 heavy (non-hydrogen) atoms. The number of benzene rings is 2. The highest BCUT2D eigenvalue weighted by molar-refractivity contribution is 5.94. The maximum absolute atomic E-state index is 12.3. The summed E-state index contributed by atoms with van der Waals surface area (Å²) in [5.74, 6) is 0.00297. The molecule has 0 aliphatic carbocycles. The van der Waals surface area contributed by atoms with Crippen LogP contribution in [0.25, 0.3) is 0 Å². The molecule has 1 N–H and O–H groups in total. The quantitative estimate of drug-likeness (QED) is 0.427. The first-order valence-electron chi connectivity index (χ1n) is 13.7. The van der Waals surface area contributed by atoms with Crippen molar-refractivity contribution in [2.75, 3.05) is 39.8 Å². The Morgan fingerprint density at radius 2 is 1.86 bits per heavy atom. The Bertz CT molecular complexity index is 904. The molecule has 0 radical (unpaired) electrons. The molecule has 2 aliphatic rings. The first kappa shape index (κ1) is 26.8. The Kier molecular flexibility index (Phi) is 10.3. The first-order valence-corrected chi connectivity index (χ1v) is 13.7. The van der Waals surface area contributed by atoms with Crippen LogP contribution >= 0.6 is 0 Å². The van der Waals surface area contributed by atoms with E-state index in [0.717, 1.165) is 63.9 Å². The van der Waals surface area contributed by atoms with Gasteiger partial charge in [-0.15, -0.1) is 0 Å². The Hall–Kier alpha value is -2.25. The van der Waals surface area contributed by atoms with Crippen LogP contribution < -0.4 is 5.32 Å². The van der Waals surface area contributed by atoms with Crippen molar-refractivity contribution in [3.8, 4) is 0 Å². The predicted octanol–water partition coefficient (Wildman–Crippen LogP) is 4.88. The molecule has 0 saturated carbocycles. The summed E-state index contributed by atoms with van der Waals surface area (Å²) in [6.07, 6.45) is 6.68. The maximum atomic E-state index is 12.3. The van der Waals surface area contributed by atoms with E-state index in [-0.39, 0.29) is 18.3 Å². The van der Waals surface area contributed by atoms with Gasteiger partial charge in [0, 0.05) is 50.4 Å². The lowest BCUT2D eigenvalue weighted by Gasteiger charge is -2.36. The van der Waals surface area contributed by atoms with E-state index in [1.807, 2.05) is 30.3 Å². The topological polar surface area (TPSA) is 54.0 Å². The van der Waals surface area contributed by atoms with Crippen molar-refractivity contribution in [1.82, 2.24) is 15.1 Å². The molecule has 2 fully saturated rings. The van der Waals surface area contributed by atoms with Gasteiger partial charge in [-0.3, -0.25) is 14.6 Å². The third kappa shape index (κ3) is 7.87. The Morgan fingerprint density at radius 1 is 1.11 bits per heavy atom. The fourth-order valence-electron chi connectivity index (χ4n) is 5.30. The van der Waals surface area contributed by atoms with Crippen LogP contribution in [-0.4, -0.2) is 74.0 Å². The van der Waals surface area contributed by atoms with Crippen LogP contribution in [0.2, 0.25) is 0 Å². The summed E-state index contributed by atoms with van der Waals surface area (Å²) < 4.78 is 12.1. The summed E-state index contributed by atoms with van der Waals surface area (Å²) in [4.78, 5) is 17.4. The van der Waals surface area contributed by atoms with Crippen molar-refractivity contribution < 1.29 is 14.3 Å². The lowest BCUT2D eigenvalue weighted by atomic mass is 10.0. The van der Waals surface area contributed by atoms with Crippen LogP contribution in [0.4, 0.5) is 0 Å². The molecule has 0 aromatic heterocycles. The van der Waals surface area contributed by atoms with Gasteiger partial charge in [-0.25, -0.2) is 0 Å². The number of nitrogens with one attached hydrogen (secondary N) is 1. The largest absolute Gasteiger partial charge is 0.353 e. The molecule has 2 heterocycles. The zero-order chi connectivity index (χ0) is 25.2. The van der Waals surface area contributed by atoms with E-state index >= 15 is 0 Å². The van der Waals surface area contributed by atoms with Gasteiger partial charge in [0.15, 0.2) is 6.29 Å². The fourth-order valence-corrected chi connectivity index (χ4v) is 5.30. The normalized spacial score (nSPS) is 22.4. The van der Waals surface area contributed by atoms with Gasteiger partial charge in [0.1, 0.15) is 0 Å². The van der Waals surface area contributed by atoms with Gasteiger partial charge in [-0.1, -0.05) is 48.5 Å². The molecule has 2 aromatic carbocycles. The van der Waals surface area contributed by atoms with Gasteiger partial charge < -0.3 is 14.8 Å². The van der Waals surface area contributed by atoms with Crippen molar-refractivity contribution in [1.29, 1.82) is 0 Å². The number of hydrogen-bond donors (Lipinski definition) is 1. The fraction of sp³-hybridized carbons (Fsp3) is 0.567. The summed E-state index contributed by atoms with van der Waals surface area (Å²) in [7, 11) is 2.24. The standard InChI is InChI=1S/C30H43N3O3/c1-24(12-11-19-31-30(34)26-15-7-4-8-16-26)32(2)28(25-13-5-3-6-14-25)23-33-20-18-27(22-33)36-29-17-9-10-21-35-29/h3-8,13-16,24,27-29H,9-12,17-23H2,1-2H3,(H,31,34)/t24?,27-,28+,29?/m0/s1. The van der Waals surface area contributed by atoms with Crippen molar-refractivity contribution in [2.24, 2.45) is 0 Å². The number of ether oxygens (including phenoxy) is 2. The van der Waals surface area contributed by atoms with E-state index in [4.69, 9.17) is 9.47 Å². The Balaban J connectivity index is 1.27. The molecule has 6 nitrogen and oxygen atoms in total. The van der Waals surface area contributed by atoms with Crippen LogP contribution in [0.15, 0.2) is 60.7 Å². The van der Waals surface area contributed by atoms with Crippen molar-refractivity contribution in [3.63, 3.8) is 0 Å². The average molecular weight is 494 g/mol. The van der Waals surface area contributed by atoms with E-state index in [2.05, 4.69) is 59.4 Å². The molecule has 1 amide bonds. The monoisotopic (exact) mass is 493 g/mol. The number of carbonyl (C=O) groups excluding carboxylic acids is 1. The molecule has 2 unspecified atom stereocenters. The Morgan fingerprint density at radius 3 is 2.58 bits per heavy atom. The van der Waals surface area contributed by atoms with Crippen LogP contribution in [0, 0.1) is 0 Å². The van der Waals surface area contributed by atoms with Crippen LogP contribution in [0.3, 0.4) is 0 Å². The molecule has 2 saturated heterocycles. The minimum Gasteiger partial charge on any atom is -0.353 e. The number of nitrogens with zero attached hydrogens (tertiary/aromatic N) is 2.